The van der Waals surface area contributed by atoms with Crippen molar-refractivity contribution in [3.63, 3.8) is 0 Å². The molecule has 5 heteroatoms. The van der Waals surface area contributed by atoms with Crippen LogP contribution < -0.4 is 5.32 Å². The molecule has 0 saturated heterocycles. The van der Waals surface area contributed by atoms with Crippen LogP contribution in [0, 0.1) is 6.92 Å². The Morgan fingerprint density at radius 3 is 2.36 bits per heavy atom. The zero-order valence-electron chi connectivity index (χ0n) is 8.22. The van der Waals surface area contributed by atoms with Gasteiger partial charge in [-0.1, -0.05) is 0 Å². The van der Waals surface area contributed by atoms with Gasteiger partial charge in [0, 0.05) is 11.8 Å². The van der Waals surface area contributed by atoms with Crippen molar-refractivity contribution >= 4 is 29.0 Å². The predicted octanol–water partition coefficient (Wildman–Crippen LogP) is 2.43. The second-order valence-corrected chi connectivity index (χ2v) is 4.05. The Hall–Kier alpha value is -0.540. The summed E-state index contributed by atoms with van der Waals surface area (Å²) in [5.74, 6) is 1.54. The third kappa shape index (κ3) is 3.00. The number of hydrogen-bond donors (Lipinski definition) is 1. The van der Waals surface area contributed by atoms with E-state index in [1.807, 2.05) is 26.0 Å². The fourth-order valence-corrected chi connectivity index (χ4v) is 1.30. The van der Waals surface area contributed by atoms with Gasteiger partial charge in [-0.05, 0) is 26.0 Å². The standard InChI is InChI=1S/C9H13Cl2N3/c1-7-3-4-8(14-13-7)12-9(2,5-10)6-11/h3-4H,5-6H2,1-2H3,(H,12,14). The van der Waals surface area contributed by atoms with Gasteiger partial charge in [0.1, 0.15) is 5.82 Å². The lowest BCUT2D eigenvalue weighted by Gasteiger charge is -2.26. The number of aromatic nitrogens is 2. The van der Waals surface area contributed by atoms with Gasteiger partial charge in [-0.2, -0.15) is 5.10 Å². The molecule has 0 spiro atoms. The van der Waals surface area contributed by atoms with Gasteiger partial charge in [0.25, 0.3) is 0 Å². The zero-order chi connectivity index (χ0) is 10.6. The van der Waals surface area contributed by atoms with E-state index in [2.05, 4.69) is 15.5 Å². The van der Waals surface area contributed by atoms with Gasteiger partial charge >= 0.3 is 0 Å². The zero-order valence-corrected chi connectivity index (χ0v) is 9.73. The number of hydrogen-bond acceptors (Lipinski definition) is 3. The molecule has 0 bridgehead atoms. The highest BCUT2D eigenvalue weighted by molar-refractivity contribution is 6.22. The normalized spacial score (nSPS) is 11.4. The first-order valence-corrected chi connectivity index (χ1v) is 5.37. The molecule has 14 heavy (non-hydrogen) atoms. The van der Waals surface area contributed by atoms with E-state index in [4.69, 9.17) is 23.2 Å². The van der Waals surface area contributed by atoms with Gasteiger partial charge in [-0.15, -0.1) is 28.3 Å². The first-order valence-electron chi connectivity index (χ1n) is 4.30. The second kappa shape index (κ2) is 4.80. The summed E-state index contributed by atoms with van der Waals surface area (Å²) in [4.78, 5) is 0. The molecule has 1 heterocycles. The molecule has 0 amide bonds. The molecule has 0 aliphatic rings. The van der Waals surface area contributed by atoms with Crippen molar-refractivity contribution in [3.8, 4) is 0 Å². The van der Waals surface area contributed by atoms with Crippen LogP contribution in [-0.2, 0) is 0 Å². The van der Waals surface area contributed by atoms with Crippen molar-refractivity contribution in [3.05, 3.63) is 17.8 Å². The molecule has 0 saturated carbocycles. The van der Waals surface area contributed by atoms with Crippen LogP contribution in [-0.4, -0.2) is 27.5 Å². The summed E-state index contributed by atoms with van der Waals surface area (Å²) in [5, 5.41) is 11.1. The molecule has 0 radical (unpaired) electrons. The van der Waals surface area contributed by atoms with E-state index in [0.717, 1.165) is 5.69 Å². The fourth-order valence-electron chi connectivity index (χ4n) is 0.877. The number of nitrogens with zero attached hydrogens (tertiary/aromatic N) is 2. The molecule has 78 valence electrons. The molecule has 1 aromatic rings. The van der Waals surface area contributed by atoms with E-state index in [1.165, 1.54) is 0 Å². The van der Waals surface area contributed by atoms with Crippen molar-refractivity contribution in [1.82, 2.24) is 10.2 Å². The topological polar surface area (TPSA) is 37.8 Å². The average Bonchev–Trinajstić information content (AvgIpc) is 2.21. The summed E-state index contributed by atoms with van der Waals surface area (Å²) < 4.78 is 0. The summed E-state index contributed by atoms with van der Waals surface area (Å²) in [6.45, 7) is 3.83. The average molecular weight is 234 g/mol. The molecule has 0 atom stereocenters. The smallest absolute Gasteiger partial charge is 0.149 e. The molecule has 3 nitrogen and oxygen atoms in total. The molecular formula is C9H13Cl2N3. The fraction of sp³-hybridized carbons (Fsp3) is 0.556. The molecule has 0 aromatic carbocycles. The molecule has 0 aliphatic carbocycles. The van der Waals surface area contributed by atoms with Crippen LogP contribution in [0.4, 0.5) is 5.82 Å². The molecule has 0 aliphatic heterocycles. The predicted molar refractivity (Wildman–Crippen MR) is 60.2 cm³/mol. The third-order valence-electron chi connectivity index (χ3n) is 1.82. The Bertz CT molecular complexity index is 283. The summed E-state index contributed by atoms with van der Waals surface area (Å²) >= 11 is 11.6. The summed E-state index contributed by atoms with van der Waals surface area (Å²) in [7, 11) is 0. The highest BCUT2D eigenvalue weighted by Crippen LogP contribution is 2.15. The molecular weight excluding hydrogens is 221 g/mol. The summed E-state index contributed by atoms with van der Waals surface area (Å²) in [5.41, 5.74) is 0.543. The Kier molecular flexibility index (Phi) is 3.96. The van der Waals surface area contributed by atoms with Gasteiger partial charge in [0.15, 0.2) is 0 Å². The Morgan fingerprint density at radius 1 is 1.29 bits per heavy atom. The molecule has 1 rings (SSSR count). The highest BCUT2D eigenvalue weighted by atomic mass is 35.5. The van der Waals surface area contributed by atoms with Crippen molar-refractivity contribution in [2.75, 3.05) is 17.1 Å². The van der Waals surface area contributed by atoms with Gasteiger partial charge in [0.2, 0.25) is 0 Å². The van der Waals surface area contributed by atoms with Crippen LogP contribution in [0.2, 0.25) is 0 Å². The minimum absolute atomic E-state index is 0.340. The SMILES string of the molecule is Cc1ccc(NC(C)(CCl)CCl)nn1. The number of nitrogens with one attached hydrogen (secondary N) is 1. The van der Waals surface area contributed by atoms with Crippen molar-refractivity contribution in [2.45, 2.75) is 19.4 Å². The Morgan fingerprint density at radius 2 is 1.93 bits per heavy atom. The van der Waals surface area contributed by atoms with Gasteiger partial charge in [-0.3, -0.25) is 0 Å². The lowest BCUT2D eigenvalue weighted by molar-refractivity contribution is 0.642. The second-order valence-electron chi connectivity index (χ2n) is 3.51. The van der Waals surface area contributed by atoms with Crippen molar-refractivity contribution in [2.24, 2.45) is 0 Å². The number of anilines is 1. The van der Waals surface area contributed by atoms with E-state index in [1.54, 1.807) is 0 Å². The van der Waals surface area contributed by atoms with Crippen LogP contribution >= 0.6 is 23.2 Å². The Labute approximate surface area is 93.8 Å². The summed E-state index contributed by atoms with van der Waals surface area (Å²) in [6, 6.07) is 3.75. The Balaban J connectivity index is 2.72. The van der Waals surface area contributed by atoms with E-state index < -0.39 is 0 Å². The minimum Gasteiger partial charge on any atom is -0.361 e. The quantitative estimate of drug-likeness (QED) is 0.813. The number of alkyl halides is 2. The highest BCUT2D eigenvalue weighted by Gasteiger charge is 2.22. The number of halogens is 2. The molecule has 1 N–H and O–H groups in total. The first-order chi connectivity index (χ1) is 6.59. The van der Waals surface area contributed by atoms with E-state index in [-0.39, 0.29) is 5.54 Å². The molecule has 1 aromatic heterocycles. The number of aryl methyl sites for hydroxylation is 1. The lowest BCUT2D eigenvalue weighted by atomic mass is 10.1. The first kappa shape index (κ1) is 11.5. The van der Waals surface area contributed by atoms with Crippen LogP contribution in [0.15, 0.2) is 12.1 Å². The minimum atomic E-state index is -0.340. The molecule has 0 fully saturated rings. The monoisotopic (exact) mass is 233 g/mol. The lowest BCUT2D eigenvalue weighted by Crippen LogP contribution is -2.39. The maximum atomic E-state index is 5.79. The largest absolute Gasteiger partial charge is 0.361 e. The van der Waals surface area contributed by atoms with Gasteiger partial charge in [-0.25, -0.2) is 0 Å². The van der Waals surface area contributed by atoms with Crippen LogP contribution in [0.5, 0.6) is 0 Å². The van der Waals surface area contributed by atoms with Crippen LogP contribution in [0.3, 0.4) is 0 Å². The summed E-state index contributed by atoms with van der Waals surface area (Å²) in [6.07, 6.45) is 0. The van der Waals surface area contributed by atoms with E-state index in [9.17, 15) is 0 Å². The van der Waals surface area contributed by atoms with E-state index in [0.29, 0.717) is 17.6 Å². The maximum Gasteiger partial charge on any atom is 0.149 e. The third-order valence-corrected chi connectivity index (χ3v) is 3.00. The van der Waals surface area contributed by atoms with Gasteiger partial charge < -0.3 is 5.32 Å². The van der Waals surface area contributed by atoms with Crippen molar-refractivity contribution in [1.29, 1.82) is 0 Å². The van der Waals surface area contributed by atoms with Crippen LogP contribution in [0.25, 0.3) is 0 Å². The van der Waals surface area contributed by atoms with Crippen LogP contribution in [0.1, 0.15) is 12.6 Å². The number of rotatable bonds is 4. The van der Waals surface area contributed by atoms with E-state index >= 15 is 0 Å². The maximum absolute atomic E-state index is 5.79. The van der Waals surface area contributed by atoms with Crippen molar-refractivity contribution < 1.29 is 0 Å². The van der Waals surface area contributed by atoms with Gasteiger partial charge in [0.05, 0.1) is 11.2 Å². The molecule has 0 unspecified atom stereocenters.